The maximum absolute atomic E-state index is 14.4. The quantitative estimate of drug-likeness (QED) is 0.135. The van der Waals surface area contributed by atoms with Gasteiger partial charge in [0, 0.05) is 55.5 Å². The molecular formula is C47H50N8O9. The monoisotopic (exact) mass is 870 g/mol. The third kappa shape index (κ3) is 8.10. The van der Waals surface area contributed by atoms with Gasteiger partial charge < -0.3 is 43.6 Å². The van der Waals surface area contributed by atoms with Gasteiger partial charge in [0.1, 0.15) is 29.3 Å². The van der Waals surface area contributed by atoms with Gasteiger partial charge in [0.05, 0.1) is 43.7 Å². The van der Waals surface area contributed by atoms with Gasteiger partial charge in [-0.3, -0.25) is 14.6 Å². The molecule has 2 aliphatic carbocycles. The first kappa shape index (κ1) is 41.1. The molecule has 10 rings (SSSR count). The lowest BCUT2D eigenvalue weighted by molar-refractivity contribution is -0.143. The number of nitrogens with one attached hydrogen (secondary N) is 2. The molecule has 0 unspecified atom stereocenters. The second kappa shape index (κ2) is 17.7. The number of piperidine rings is 1. The number of amides is 3. The summed E-state index contributed by atoms with van der Waals surface area (Å²) in [5.74, 6) is 3.23. The highest BCUT2D eigenvalue weighted by atomic mass is 16.7. The van der Waals surface area contributed by atoms with E-state index in [4.69, 9.17) is 33.5 Å². The smallest absolute Gasteiger partial charge is 0.413 e. The van der Waals surface area contributed by atoms with Gasteiger partial charge in [0.2, 0.25) is 18.6 Å². The maximum Gasteiger partial charge on any atom is 0.413 e. The molecule has 0 bridgehead atoms. The van der Waals surface area contributed by atoms with Crippen LogP contribution in [0.15, 0.2) is 72.5 Å². The number of carbonyl (C=O) groups excluding carboxylic acids is 3. The van der Waals surface area contributed by atoms with E-state index >= 15 is 0 Å². The molecule has 0 radical (unpaired) electrons. The van der Waals surface area contributed by atoms with Gasteiger partial charge >= 0.3 is 6.09 Å². The summed E-state index contributed by atoms with van der Waals surface area (Å²) in [6.07, 6.45) is 12.6. The molecule has 0 spiro atoms. The number of nitrogens with zero attached hydrogens (tertiary/aromatic N) is 6. The van der Waals surface area contributed by atoms with E-state index in [-0.39, 0.29) is 48.7 Å². The largest absolute Gasteiger partial charge is 0.493 e. The van der Waals surface area contributed by atoms with Crippen LogP contribution in [0.1, 0.15) is 62.5 Å². The van der Waals surface area contributed by atoms with Crippen LogP contribution in [0.5, 0.6) is 34.5 Å². The lowest BCUT2D eigenvalue weighted by Gasteiger charge is -2.43. The van der Waals surface area contributed by atoms with Gasteiger partial charge in [-0.05, 0) is 92.5 Å². The van der Waals surface area contributed by atoms with Crippen molar-refractivity contribution in [3.05, 3.63) is 78.5 Å². The SMILES string of the molecule is COc1ccc(C2=NN(C3CCN(C(=O)[C@@H](Cc4ccncc4)NC(=O)Oc4c[nH]c5c(-c6c(OCC7CC7)ccc7c6OCO7)ncnc45)CC3)C(=O)[C@@H]3CCCC[C@H]23)cc1OC. The number of pyridine rings is 1. The van der Waals surface area contributed by atoms with Gasteiger partial charge in [-0.2, -0.15) is 5.10 Å². The van der Waals surface area contributed by atoms with E-state index in [2.05, 4.69) is 25.3 Å². The molecule has 3 fully saturated rings. The van der Waals surface area contributed by atoms with Crippen molar-refractivity contribution in [2.75, 3.05) is 40.7 Å². The highest BCUT2D eigenvalue weighted by molar-refractivity contribution is 6.07. The summed E-state index contributed by atoms with van der Waals surface area (Å²) in [4.78, 5) is 60.4. The Morgan fingerprint density at radius 2 is 1.67 bits per heavy atom. The van der Waals surface area contributed by atoms with Crippen LogP contribution in [-0.2, 0) is 16.0 Å². The Morgan fingerprint density at radius 3 is 2.45 bits per heavy atom. The van der Waals surface area contributed by atoms with Crippen molar-refractivity contribution in [3.63, 3.8) is 0 Å². The Hall–Kier alpha value is -6.91. The van der Waals surface area contributed by atoms with Crippen molar-refractivity contribution >= 4 is 34.7 Å². The van der Waals surface area contributed by atoms with Crippen molar-refractivity contribution in [3.8, 4) is 45.8 Å². The van der Waals surface area contributed by atoms with Crippen LogP contribution in [0.4, 0.5) is 4.79 Å². The summed E-state index contributed by atoms with van der Waals surface area (Å²) in [7, 11) is 3.21. The molecule has 3 atom stereocenters. The molecule has 6 heterocycles. The summed E-state index contributed by atoms with van der Waals surface area (Å²) < 4.78 is 34.8. The van der Waals surface area contributed by atoms with Crippen LogP contribution in [0.3, 0.4) is 0 Å². The summed E-state index contributed by atoms with van der Waals surface area (Å²) in [6, 6.07) is 11.9. The molecule has 2 saturated carbocycles. The zero-order valence-corrected chi connectivity index (χ0v) is 35.8. The molecule has 3 aromatic heterocycles. The van der Waals surface area contributed by atoms with Crippen molar-refractivity contribution < 1.29 is 42.8 Å². The Kier molecular flexibility index (Phi) is 11.4. The van der Waals surface area contributed by atoms with Gasteiger partial charge in [-0.1, -0.05) is 12.8 Å². The zero-order chi connectivity index (χ0) is 43.7. The minimum Gasteiger partial charge on any atom is -0.493 e. The van der Waals surface area contributed by atoms with Crippen molar-refractivity contribution in [1.29, 1.82) is 0 Å². The second-order valence-corrected chi connectivity index (χ2v) is 17.0. The highest BCUT2D eigenvalue weighted by Crippen LogP contribution is 2.49. The number of rotatable bonds is 13. The number of ether oxygens (including phenoxy) is 6. The highest BCUT2D eigenvalue weighted by Gasteiger charge is 2.44. The fourth-order valence-corrected chi connectivity index (χ4v) is 9.44. The van der Waals surface area contributed by atoms with E-state index < -0.39 is 12.1 Å². The summed E-state index contributed by atoms with van der Waals surface area (Å²) >= 11 is 0. The van der Waals surface area contributed by atoms with E-state index in [1.807, 2.05) is 42.5 Å². The number of likely N-dealkylation sites (tertiary alicyclic amines) is 1. The maximum atomic E-state index is 14.4. The van der Waals surface area contributed by atoms with Crippen LogP contribution in [0.25, 0.3) is 22.3 Å². The Labute approximate surface area is 369 Å². The van der Waals surface area contributed by atoms with Crippen LogP contribution in [-0.4, -0.2) is 106 Å². The molecule has 2 aromatic carbocycles. The first-order valence-electron chi connectivity index (χ1n) is 22.0. The lowest BCUT2D eigenvalue weighted by Crippen LogP contribution is -2.56. The van der Waals surface area contributed by atoms with Gasteiger partial charge in [0.25, 0.3) is 0 Å². The van der Waals surface area contributed by atoms with E-state index in [1.54, 1.807) is 36.5 Å². The third-order valence-electron chi connectivity index (χ3n) is 13.0. The molecule has 1 saturated heterocycles. The average molecular weight is 871 g/mol. The van der Waals surface area contributed by atoms with Crippen LogP contribution in [0, 0.1) is 17.8 Å². The second-order valence-electron chi connectivity index (χ2n) is 17.0. The number of hydrazone groups is 1. The van der Waals surface area contributed by atoms with E-state index in [1.165, 1.54) is 12.5 Å². The average Bonchev–Trinajstić information content (AvgIpc) is 3.89. The topological polar surface area (TPSA) is 192 Å². The van der Waals surface area contributed by atoms with Gasteiger partial charge in [-0.25, -0.2) is 19.8 Å². The van der Waals surface area contributed by atoms with Crippen LogP contribution >= 0.6 is 0 Å². The Morgan fingerprint density at radius 1 is 0.891 bits per heavy atom. The lowest BCUT2D eigenvalue weighted by atomic mass is 9.73. The standard InChI is InChI=1S/C47H50N8O9/c1-59-34-10-9-29(22-37(34)60-2)40-31-5-3-4-6-32(31)45(56)55(53-40)30-15-19-54(20-16-30)46(57)33(21-27-13-17-48-18-14-27)52-47(58)64-38-23-49-43-41(38)50-25-51-42(43)39-35(61-24-28-7-8-28)11-12-36-44(39)63-26-62-36/h9-14,17-18,22-23,25,28,30-33,49H,3-8,15-16,19-21,24,26H2,1-2H3,(H,52,58)/t31-,32+,33+/m0/s1. The number of benzene rings is 2. The summed E-state index contributed by atoms with van der Waals surface area (Å²) in [5, 5.41) is 9.62. The molecule has 332 valence electrons. The van der Waals surface area contributed by atoms with Gasteiger partial charge in [0.15, 0.2) is 28.7 Å². The number of hydrogen-bond donors (Lipinski definition) is 2. The number of aromatic amines is 1. The van der Waals surface area contributed by atoms with Crippen molar-refractivity contribution in [1.82, 2.24) is 35.2 Å². The predicted octanol–water partition coefficient (Wildman–Crippen LogP) is 6.30. The molecule has 5 aliphatic rings. The zero-order valence-electron chi connectivity index (χ0n) is 35.8. The predicted molar refractivity (Wildman–Crippen MR) is 233 cm³/mol. The van der Waals surface area contributed by atoms with E-state index in [0.29, 0.717) is 89.5 Å². The number of carbonyl (C=O) groups is 3. The normalized spacial score (nSPS) is 20.0. The first-order chi connectivity index (χ1) is 31.4. The first-order valence-corrected chi connectivity index (χ1v) is 22.0. The number of methoxy groups -OCH3 is 2. The fraction of sp³-hybridized carbons (Fsp3) is 0.426. The summed E-state index contributed by atoms with van der Waals surface area (Å²) in [6.45, 7) is 1.39. The van der Waals surface area contributed by atoms with Crippen LogP contribution < -0.4 is 33.7 Å². The Balaban J connectivity index is 0.857. The van der Waals surface area contributed by atoms with Gasteiger partial charge in [-0.15, -0.1) is 0 Å². The summed E-state index contributed by atoms with van der Waals surface area (Å²) in [5.41, 5.74) is 4.57. The molecule has 3 aliphatic heterocycles. The minimum absolute atomic E-state index is 0.0223. The molecule has 64 heavy (non-hydrogen) atoms. The molecule has 5 aromatic rings. The number of H-pyrrole nitrogens is 1. The third-order valence-corrected chi connectivity index (χ3v) is 13.0. The van der Waals surface area contributed by atoms with Crippen molar-refractivity contribution in [2.45, 2.75) is 69.9 Å². The molecule has 17 heteroatoms. The molecular weight excluding hydrogens is 821 g/mol. The molecule has 3 amide bonds. The number of hydrogen-bond acceptors (Lipinski definition) is 13. The van der Waals surface area contributed by atoms with Crippen LogP contribution in [0.2, 0.25) is 0 Å². The minimum atomic E-state index is -0.966. The molecule has 2 N–H and O–H groups in total. The number of fused-ring (bicyclic) bond motifs is 3. The fourth-order valence-electron chi connectivity index (χ4n) is 9.44. The Bertz CT molecular complexity index is 2590. The molecule has 17 nitrogen and oxygen atoms in total. The van der Waals surface area contributed by atoms with Crippen molar-refractivity contribution in [2.24, 2.45) is 22.9 Å². The van der Waals surface area contributed by atoms with E-state index in [9.17, 15) is 14.4 Å². The van der Waals surface area contributed by atoms with E-state index in [0.717, 1.165) is 55.4 Å². The number of aromatic nitrogens is 4.